The molecular weight excluding hydrogens is 392 g/mol. The molecule has 3 rings (SSSR count). The Kier molecular flexibility index (Phi) is 10.8. The summed E-state index contributed by atoms with van der Waals surface area (Å²) in [6.45, 7) is 13.3. The molecule has 5 nitrogen and oxygen atoms in total. The quantitative estimate of drug-likeness (QED) is 0.629. The van der Waals surface area contributed by atoms with Gasteiger partial charge in [-0.1, -0.05) is 34.1 Å². The third-order valence-corrected chi connectivity index (χ3v) is 7.53. The molecule has 2 aliphatic carbocycles. The first kappa shape index (κ1) is 27.7. The normalized spacial score (nSPS) is 31.2. The molecule has 0 radical (unpaired) electrons. The Morgan fingerprint density at radius 1 is 1.00 bits per heavy atom. The summed E-state index contributed by atoms with van der Waals surface area (Å²) in [5.41, 5.74) is 1.66. The van der Waals surface area contributed by atoms with Gasteiger partial charge in [-0.3, -0.25) is 0 Å². The molecular formula is C26H46O5. The molecule has 0 amide bonds. The number of rotatable bonds is 3. The average Bonchev–Trinajstić information content (AvgIpc) is 2.70. The minimum Gasteiger partial charge on any atom is -0.497 e. The predicted octanol–water partition coefficient (Wildman–Crippen LogP) is 4.84. The van der Waals surface area contributed by atoms with Crippen LogP contribution >= 0.6 is 0 Å². The van der Waals surface area contributed by atoms with Crippen LogP contribution < -0.4 is 9.47 Å². The molecule has 2 fully saturated rings. The lowest BCUT2D eigenvalue weighted by molar-refractivity contribution is -0.150. The van der Waals surface area contributed by atoms with E-state index in [1.165, 1.54) is 19.3 Å². The van der Waals surface area contributed by atoms with E-state index in [0.29, 0.717) is 11.3 Å². The van der Waals surface area contributed by atoms with Crippen LogP contribution in [0.1, 0.15) is 65.9 Å². The van der Waals surface area contributed by atoms with Crippen LogP contribution in [0.2, 0.25) is 0 Å². The van der Waals surface area contributed by atoms with Gasteiger partial charge in [0.1, 0.15) is 11.5 Å². The number of hydrogen-bond acceptors (Lipinski definition) is 5. The highest BCUT2D eigenvalue weighted by atomic mass is 16.5. The minimum atomic E-state index is -0.234. The van der Waals surface area contributed by atoms with Crippen molar-refractivity contribution in [3.63, 3.8) is 0 Å². The number of benzene rings is 1. The Balaban J connectivity index is 0.000000296. The van der Waals surface area contributed by atoms with Crippen molar-refractivity contribution >= 4 is 0 Å². The van der Waals surface area contributed by atoms with Gasteiger partial charge >= 0.3 is 0 Å². The van der Waals surface area contributed by atoms with E-state index < -0.39 is 0 Å². The zero-order valence-corrected chi connectivity index (χ0v) is 20.9. The van der Waals surface area contributed by atoms with Gasteiger partial charge in [-0.05, 0) is 79.4 Å². The molecule has 5 unspecified atom stereocenters. The molecule has 180 valence electrons. The van der Waals surface area contributed by atoms with Crippen molar-refractivity contribution in [2.45, 2.75) is 73.3 Å². The van der Waals surface area contributed by atoms with Crippen LogP contribution in [0.3, 0.4) is 0 Å². The molecule has 1 aromatic rings. The molecule has 31 heavy (non-hydrogen) atoms. The Labute approximate surface area is 189 Å². The van der Waals surface area contributed by atoms with Gasteiger partial charge in [-0.2, -0.15) is 0 Å². The van der Waals surface area contributed by atoms with Crippen molar-refractivity contribution in [2.24, 2.45) is 28.6 Å². The Morgan fingerprint density at radius 3 is 1.97 bits per heavy atom. The van der Waals surface area contributed by atoms with Crippen molar-refractivity contribution in [1.29, 1.82) is 0 Å². The predicted molar refractivity (Wildman–Crippen MR) is 127 cm³/mol. The number of aliphatic hydroxyl groups excluding tert-OH is 3. The lowest BCUT2D eigenvalue weighted by Crippen LogP contribution is -2.56. The number of aliphatic hydroxyl groups is 3. The maximum atomic E-state index is 10.3. The first-order valence-corrected chi connectivity index (χ1v) is 11.6. The van der Waals surface area contributed by atoms with E-state index in [4.69, 9.17) is 14.6 Å². The van der Waals surface area contributed by atoms with Gasteiger partial charge in [0.2, 0.25) is 0 Å². The van der Waals surface area contributed by atoms with E-state index in [1.807, 2.05) is 25.1 Å². The number of aryl methyl sites for hydroxylation is 1. The maximum Gasteiger partial charge on any atom is 0.122 e. The molecule has 3 N–H and O–H groups in total. The molecule has 0 bridgehead atoms. The van der Waals surface area contributed by atoms with Gasteiger partial charge in [0.25, 0.3) is 0 Å². The van der Waals surface area contributed by atoms with Crippen LogP contribution in [-0.4, -0.2) is 48.9 Å². The van der Waals surface area contributed by atoms with Crippen molar-refractivity contribution in [1.82, 2.24) is 0 Å². The fourth-order valence-corrected chi connectivity index (χ4v) is 5.85. The number of hydrogen-bond donors (Lipinski definition) is 3. The highest BCUT2D eigenvalue weighted by Gasteiger charge is 2.55. The lowest BCUT2D eigenvalue weighted by atomic mass is 9.46. The van der Waals surface area contributed by atoms with E-state index in [9.17, 15) is 10.2 Å². The Bertz CT molecular complexity index is 637. The summed E-state index contributed by atoms with van der Waals surface area (Å²) < 4.78 is 10.1. The summed E-state index contributed by atoms with van der Waals surface area (Å²) in [4.78, 5) is 0. The van der Waals surface area contributed by atoms with Gasteiger partial charge < -0.3 is 24.8 Å². The van der Waals surface area contributed by atoms with Crippen LogP contribution in [-0.2, 0) is 0 Å². The third-order valence-electron chi connectivity index (χ3n) is 7.53. The third kappa shape index (κ3) is 6.84. The van der Waals surface area contributed by atoms with Crippen LogP contribution in [0.15, 0.2) is 18.2 Å². The SMILES string of the molecule is CC1C(O)CC2C(C)(C)CCCC2(C)C1CO.CCO.COc1cc(C)cc(OC)c1. The zero-order valence-electron chi connectivity index (χ0n) is 20.9. The highest BCUT2D eigenvalue weighted by Crippen LogP contribution is 2.60. The molecule has 0 aromatic heterocycles. The topological polar surface area (TPSA) is 79.2 Å². The van der Waals surface area contributed by atoms with Crippen molar-refractivity contribution in [3.05, 3.63) is 23.8 Å². The fraction of sp³-hybridized carbons (Fsp3) is 0.769. The summed E-state index contributed by atoms with van der Waals surface area (Å²) in [5, 5.41) is 27.6. The van der Waals surface area contributed by atoms with Gasteiger partial charge in [-0.15, -0.1) is 0 Å². The molecule has 0 spiro atoms. The van der Waals surface area contributed by atoms with Crippen LogP contribution in [0.25, 0.3) is 0 Å². The smallest absolute Gasteiger partial charge is 0.122 e. The monoisotopic (exact) mass is 438 g/mol. The molecule has 0 aliphatic heterocycles. The number of ether oxygens (including phenoxy) is 2. The second kappa shape index (κ2) is 12.1. The lowest BCUT2D eigenvalue weighted by Gasteiger charge is -2.59. The minimum absolute atomic E-state index is 0.217. The molecule has 1 aromatic carbocycles. The van der Waals surface area contributed by atoms with Gasteiger partial charge in [0.15, 0.2) is 0 Å². The summed E-state index contributed by atoms with van der Waals surface area (Å²) in [6, 6.07) is 5.78. The highest BCUT2D eigenvalue weighted by molar-refractivity contribution is 5.37. The number of methoxy groups -OCH3 is 2. The van der Waals surface area contributed by atoms with E-state index in [2.05, 4.69) is 27.7 Å². The van der Waals surface area contributed by atoms with E-state index >= 15 is 0 Å². The van der Waals surface area contributed by atoms with E-state index in [0.717, 1.165) is 23.5 Å². The summed E-state index contributed by atoms with van der Waals surface area (Å²) >= 11 is 0. The summed E-state index contributed by atoms with van der Waals surface area (Å²) in [6.07, 6.45) is 4.42. The summed E-state index contributed by atoms with van der Waals surface area (Å²) in [7, 11) is 3.29. The van der Waals surface area contributed by atoms with Gasteiger partial charge in [0, 0.05) is 19.3 Å². The molecule has 2 saturated carbocycles. The van der Waals surface area contributed by atoms with Gasteiger partial charge in [-0.25, -0.2) is 0 Å². The second-order valence-electron chi connectivity index (χ2n) is 10.1. The van der Waals surface area contributed by atoms with Crippen LogP contribution in [0.5, 0.6) is 11.5 Å². The first-order chi connectivity index (χ1) is 14.5. The first-order valence-electron chi connectivity index (χ1n) is 11.6. The van der Waals surface area contributed by atoms with E-state index in [1.54, 1.807) is 21.1 Å². The second-order valence-corrected chi connectivity index (χ2v) is 10.1. The van der Waals surface area contributed by atoms with Crippen LogP contribution in [0.4, 0.5) is 0 Å². The standard InChI is InChI=1S/C15H28O2.C9H12O2.C2H6O/c1-10-11(9-16)15(4)7-5-6-14(2,3)13(15)8-12(10)17;1-7-4-8(10-2)6-9(5-7)11-3;1-2-3/h10-13,16-17H,5-9H2,1-4H3;4-6H,1-3H3;3H,2H2,1H3. The maximum absolute atomic E-state index is 10.3. The van der Waals surface area contributed by atoms with E-state index in [-0.39, 0.29) is 36.6 Å². The molecule has 2 aliphatic rings. The van der Waals surface area contributed by atoms with Crippen LogP contribution in [0, 0.1) is 35.5 Å². The molecule has 0 heterocycles. The summed E-state index contributed by atoms with van der Waals surface area (Å²) in [5.74, 6) is 2.71. The fourth-order valence-electron chi connectivity index (χ4n) is 5.85. The molecule has 5 heteroatoms. The number of fused-ring (bicyclic) bond motifs is 1. The average molecular weight is 439 g/mol. The largest absolute Gasteiger partial charge is 0.497 e. The van der Waals surface area contributed by atoms with Crippen molar-refractivity contribution in [3.8, 4) is 11.5 Å². The molecule has 0 saturated heterocycles. The van der Waals surface area contributed by atoms with Gasteiger partial charge in [0.05, 0.1) is 20.3 Å². The molecule has 5 atom stereocenters. The van der Waals surface area contributed by atoms with Crippen molar-refractivity contribution < 1.29 is 24.8 Å². The Morgan fingerprint density at radius 2 is 1.52 bits per heavy atom. The zero-order chi connectivity index (χ0) is 23.8. The Hall–Kier alpha value is -1.30. The van der Waals surface area contributed by atoms with Crippen molar-refractivity contribution in [2.75, 3.05) is 27.4 Å².